The van der Waals surface area contributed by atoms with E-state index in [1.54, 1.807) is 14.2 Å². The highest BCUT2D eigenvalue weighted by atomic mass is 32.2. The zero-order chi connectivity index (χ0) is 21.1. The van der Waals surface area contributed by atoms with Crippen molar-refractivity contribution in [3.63, 3.8) is 0 Å². The van der Waals surface area contributed by atoms with E-state index < -0.39 is 0 Å². The minimum Gasteiger partial charge on any atom is -0.493 e. The SMILES string of the molecule is CCc1ccc(NC(=O)CSc2ncnc3c2[nH]c2cc(OC)c(OC)cc23)cc1. The summed E-state index contributed by atoms with van der Waals surface area (Å²) in [5, 5.41) is 4.54. The fraction of sp³-hybridized carbons (Fsp3) is 0.227. The van der Waals surface area contributed by atoms with Gasteiger partial charge in [-0.25, -0.2) is 9.97 Å². The molecule has 154 valence electrons. The van der Waals surface area contributed by atoms with Gasteiger partial charge < -0.3 is 19.8 Å². The smallest absolute Gasteiger partial charge is 0.234 e. The van der Waals surface area contributed by atoms with Crippen LogP contribution in [-0.4, -0.2) is 40.8 Å². The van der Waals surface area contributed by atoms with Crippen LogP contribution in [0, 0.1) is 0 Å². The Morgan fingerprint density at radius 1 is 1.10 bits per heavy atom. The number of aromatic nitrogens is 3. The van der Waals surface area contributed by atoms with Gasteiger partial charge in [0.1, 0.15) is 16.9 Å². The lowest BCUT2D eigenvalue weighted by atomic mass is 10.1. The summed E-state index contributed by atoms with van der Waals surface area (Å²) in [7, 11) is 3.20. The van der Waals surface area contributed by atoms with Gasteiger partial charge in [0.15, 0.2) is 11.5 Å². The number of anilines is 1. The van der Waals surface area contributed by atoms with Gasteiger partial charge in [-0.15, -0.1) is 0 Å². The van der Waals surface area contributed by atoms with Gasteiger partial charge in [0.05, 0.1) is 31.0 Å². The van der Waals surface area contributed by atoms with E-state index in [0.717, 1.165) is 34.0 Å². The maximum atomic E-state index is 12.4. The van der Waals surface area contributed by atoms with Crippen LogP contribution in [0.1, 0.15) is 12.5 Å². The predicted molar refractivity (Wildman–Crippen MR) is 120 cm³/mol. The number of benzene rings is 2. The lowest BCUT2D eigenvalue weighted by molar-refractivity contribution is -0.113. The van der Waals surface area contributed by atoms with Crippen LogP contribution in [0.4, 0.5) is 5.69 Å². The molecule has 0 aliphatic heterocycles. The van der Waals surface area contributed by atoms with Crippen molar-refractivity contribution >= 4 is 45.3 Å². The zero-order valence-corrected chi connectivity index (χ0v) is 17.8. The van der Waals surface area contributed by atoms with Crippen LogP contribution >= 0.6 is 11.8 Å². The number of rotatable bonds is 7. The fourth-order valence-corrected chi connectivity index (χ4v) is 4.02. The van der Waals surface area contributed by atoms with E-state index in [-0.39, 0.29) is 11.7 Å². The van der Waals surface area contributed by atoms with Gasteiger partial charge in [-0.2, -0.15) is 0 Å². The third-order valence-electron chi connectivity index (χ3n) is 4.84. The number of hydrogen-bond donors (Lipinski definition) is 2. The van der Waals surface area contributed by atoms with E-state index in [9.17, 15) is 4.79 Å². The van der Waals surface area contributed by atoms with E-state index in [1.165, 1.54) is 23.7 Å². The normalized spacial score (nSPS) is 11.0. The first kappa shape index (κ1) is 20.0. The monoisotopic (exact) mass is 422 g/mol. The molecule has 2 aromatic heterocycles. The summed E-state index contributed by atoms with van der Waals surface area (Å²) in [4.78, 5) is 24.5. The highest BCUT2D eigenvalue weighted by Crippen LogP contribution is 2.36. The second-order valence-electron chi connectivity index (χ2n) is 6.67. The van der Waals surface area contributed by atoms with Crippen molar-refractivity contribution in [1.29, 1.82) is 0 Å². The van der Waals surface area contributed by atoms with Crippen LogP contribution in [0.15, 0.2) is 47.8 Å². The molecule has 0 bridgehead atoms. The average Bonchev–Trinajstić information content (AvgIpc) is 3.15. The van der Waals surface area contributed by atoms with E-state index in [1.807, 2.05) is 36.4 Å². The van der Waals surface area contributed by atoms with Gasteiger partial charge in [-0.1, -0.05) is 30.8 Å². The van der Waals surface area contributed by atoms with Crippen molar-refractivity contribution in [3.8, 4) is 11.5 Å². The molecule has 0 radical (unpaired) electrons. The van der Waals surface area contributed by atoms with Crippen molar-refractivity contribution < 1.29 is 14.3 Å². The minimum absolute atomic E-state index is 0.0875. The van der Waals surface area contributed by atoms with E-state index in [0.29, 0.717) is 16.5 Å². The van der Waals surface area contributed by atoms with Gasteiger partial charge >= 0.3 is 0 Å². The molecule has 0 saturated heterocycles. The molecule has 2 heterocycles. The molecular weight excluding hydrogens is 400 g/mol. The van der Waals surface area contributed by atoms with Gasteiger partial charge in [0.2, 0.25) is 5.91 Å². The van der Waals surface area contributed by atoms with E-state index >= 15 is 0 Å². The number of fused-ring (bicyclic) bond motifs is 3. The second kappa shape index (κ2) is 8.62. The lowest BCUT2D eigenvalue weighted by Gasteiger charge is -2.06. The largest absolute Gasteiger partial charge is 0.493 e. The Bertz CT molecular complexity index is 1200. The minimum atomic E-state index is -0.0875. The summed E-state index contributed by atoms with van der Waals surface area (Å²) in [6.45, 7) is 2.10. The third kappa shape index (κ3) is 3.91. The standard InChI is InChI=1S/C22H22N4O3S/c1-4-13-5-7-14(8-6-13)25-19(27)11-30-22-21-20(23-12-24-22)15-9-17(28-2)18(29-3)10-16(15)26-21/h5-10,12,26H,4,11H2,1-3H3,(H,25,27). The predicted octanol–water partition coefficient (Wildman–Crippen LogP) is 4.42. The highest BCUT2D eigenvalue weighted by molar-refractivity contribution is 8.00. The maximum Gasteiger partial charge on any atom is 0.234 e. The Morgan fingerprint density at radius 2 is 1.83 bits per heavy atom. The maximum absolute atomic E-state index is 12.4. The first-order chi connectivity index (χ1) is 14.6. The topological polar surface area (TPSA) is 89.1 Å². The molecule has 2 N–H and O–H groups in total. The number of aryl methyl sites for hydroxylation is 1. The summed E-state index contributed by atoms with van der Waals surface area (Å²) in [5.41, 5.74) is 4.45. The number of aromatic amines is 1. The van der Waals surface area contributed by atoms with Gasteiger partial charge in [-0.3, -0.25) is 4.79 Å². The van der Waals surface area contributed by atoms with Crippen molar-refractivity contribution in [3.05, 3.63) is 48.3 Å². The molecule has 0 atom stereocenters. The van der Waals surface area contributed by atoms with E-state index in [2.05, 4.69) is 27.2 Å². The molecule has 1 amide bonds. The number of nitrogens with one attached hydrogen (secondary N) is 2. The number of carbonyl (C=O) groups excluding carboxylic acids is 1. The molecule has 0 aliphatic rings. The number of hydrogen-bond acceptors (Lipinski definition) is 6. The number of thioether (sulfide) groups is 1. The number of nitrogens with zero attached hydrogens (tertiary/aromatic N) is 2. The van der Waals surface area contributed by atoms with Crippen LogP contribution < -0.4 is 14.8 Å². The number of amides is 1. The number of ether oxygens (including phenoxy) is 2. The fourth-order valence-electron chi connectivity index (χ4n) is 3.26. The van der Waals surface area contributed by atoms with Gasteiger partial charge in [0, 0.05) is 17.1 Å². The second-order valence-corrected chi connectivity index (χ2v) is 7.63. The molecule has 0 fully saturated rings. The summed E-state index contributed by atoms with van der Waals surface area (Å²) in [6.07, 6.45) is 2.48. The summed E-state index contributed by atoms with van der Waals surface area (Å²) >= 11 is 1.36. The van der Waals surface area contributed by atoms with Crippen LogP contribution in [0.5, 0.6) is 11.5 Å². The summed E-state index contributed by atoms with van der Waals surface area (Å²) in [6, 6.07) is 11.6. The van der Waals surface area contributed by atoms with Crippen molar-refractivity contribution in [2.24, 2.45) is 0 Å². The van der Waals surface area contributed by atoms with Gasteiger partial charge in [-0.05, 0) is 30.2 Å². The first-order valence-corrected chi connectivity index (χ1v) is 10.5. The molecule has 0 unspecified atom stereocenters. The summed E-state index contributed by atoms with van der Waals surface area (Å²) < 4.78 is 10.8. The molecule has 0 aliphatic carbocycles. The Kier molecular flexibility index (Phi) is 5.76. The van der Waals surface area contributed by atoms with Crippen molar-refractivity contribution in [2.45, 2.75) is 18.4 Å². The molecule has 0 saturated carbocycles. The van der Waals surface area contributed by atoms with Crippen molar-refractivity contribution in [1.82, 2.24) is 15.0 Å². The third-order valence-corrected chi connectivity index (χ3v) is 5.83. The molecule has 0 spiro atoms. The van der Waals surface area contributed by atoms with Crippen molar-refractivity contribution in [2.75, 3.05) is 25.3 Å². The molecular formula is C22H22N4O3S. The Balaban J connectivity index is 1.55. The van der Waals surface area contributed by atoms with Crippen LogP contribution in [0.25, 0.3) is 21.9 Å². The van der Waals surface area contributed by atoms with Gasteiger partial charge in [0.25, 0.3) is 0 Å². The Labute approximate surface area is 178 Å². The summed E-state index contributed by atoms with van der Waals surface area (Å²) in [5.74, 6) is 1.42. The number of H-pyrrole nitrogens is 1. The van der Waals surface area contributed by atoms with Crippen LogP contribution in [0.2, 0.25) is 0 Å². The Hall–Kier alpha value is -3.26. The van der Waals surface area contributed by atoms with E-state index in [4.69, 9.17) is 9.47 Å². The highest BCUT2D eigenvalue weighted by Gasteiger charge is 2.15. The first-order valence-electron chi connectivity index (χ1n) is 9.53. The molecule has 4 rings (SSSR count). The number of carbonyl (C=O) groups is 1. The molecule has 4 aromatic rings. The molecule has 7 nitrogen and oxygen atoms in total. The zero-order valence-electron chi connectivity index (χ0n) is 17.0. The quantitative estimate of drug-likeness (QED) is 0.338. The van der Waals surface area contributed by atoms with Crippen LogP contribution in [0.3, 0.4) is 0 Å². The van der Waals surface area contributed by atoms with Crippen LogP contribution in [-0.2, 0) is 11.2 Å². The average molecular weight is 423 g/mol. The molecule has 2 aromatic carbocycles. The lowest BCUT2D eigenvalue weighted by Crippen LogP contribution is -2.14. The molecule has 8 heteroatoms. The Morgan fingerprint density at radius 3 is 2.53 bits per heavy atom. The molecule has 30 heavy (non-hydrogen) atoms. The number of methoxy groups -OCH3 is 2.